The van der Waals surface area contributed by atoms with E-state index in [1.807, 2.05) is 13.0 Å². The minimum Gasteiger partial charge on any atom is -0.103 e. The molecule has 0 nitrogen and oxygen atoms in total. The van der Waals surface area contributed by atoms with Gasteiger partial charge in [-0.05, 0) is 13.8 Å². The van der Waals surface area contributed by atoms with Gasteiger partial charge in [-0.1, -0.05) is 25.0 Å². The van der Waals surface area contributed by atoms with E-state index in [0.717, 1.165) is 6.42 Å². The van der Waals surface area contributed by atoms with E-state index in [0.29, 0.717) is 5.92 Å². The molecule has 0 heterocycles. The van der Waals surface area contributed by atoms with Crippen LogP contribution in [0.4, 0.5) is 0 Å². The van der Waals surface area contributed by atoms with Gasteiger partial charge in [0, 0.05) is 12.3 Å². The van der Waals surface area contributed by atoms with E-state index < -0.39 is 0 Å². The molecule has 0 heteroatoms. The third-order valence-corrected chi connectivity index (χ3v) is 0.988. The van der Waals surface area contributed by atoms with Crippen molar-refractivity contribution in [3.8, 4) is 11.8 Å². The molecule has 0 aliphatic heterocycles. The second-order valence-corrected chi connectivity index (χ2v) is 1.99. The highest BCUT2D eigenvalue weighted by atomic mass is 13.9. The molecule has 0 aromatic rings. The van der Waals surface area contributed by atoms with Crippen LogP contribution in [0.15, 0.2) is 12.2 Å². The first kappa shape index (κ1) is 8.30. The maximum absolute atomic E-state index is 3.10. The lowest BCUT2D eigenvalue weighted by Crippen LogP contribution is -1.80. The Morgan fingerprint density at radius 3 is 2.67 bits per heavy atom. The van der Waals surface area contributed by atoms with Gasteiger partial charge in [0.1, 0.15) is 0 Å². The Morgan fingerprint density at radius 1 is 1.56 bits per heavy atom. The van der Waals surface area contributed by atoms with Crippen molar-refractivity contribution in [2.45, 2.75) is 27.2 Å². The monoisotopic (exact) mass is 122 g/mol. The summed E-state index contributed by atoms with van der Waals surface area (Å²) in [6, 6.07) is 0. The van der Waals surface area contributed by atoms with Crippen molar-refractivity contribution in [3.05, 3.63) is 12.2 Å². The van der Waals surface area contributed by atoms with Crippen LogP contribution in [0.3, 0.4) is 0 Å². The van der Waals surface area contributed by atoms with Crippen LogP contribution in [-0.2, 0) is 0 Å². The summed E-state index contributed by atoms with van der Waals surface area (Å²) < 4.78 is 0. The lowest BCUT2D eigenvalue weighted by molar-refractivity contribution is 0.974. The third-order valence-electron chi connectivity index (χ3n) is 0.988. The average Bonchev–Trinajstić information content (AvgIpc) is 1.85. The molecule has 50 valence electrons. The maximum Gasteiger partial charge on any atom is 0.0354 e. The number of rotatable bonds is 1. The topological polar surface area (TPSA) is 0 Å². The van der Waals surface area contributed by atoms with E-state index in [2.05, 4.69) is 31.8 Å². The zero-order chi connectivity index (χ0) is 7.11. The summed E-state index contributed by atoms with van der Waals surface area (Å²) in [7, 11) is 0. The van der Waals surface area contributed by atoms with Crippen molar-refractivity contribution in [1.82, 2.24) is 0 Å². The first-order valence-corrected chi connectivity index (χ1v) is 3.42. The van der Waals surface area contributed by atoms with Gasteiger partial charge in [0.2, 0.25) is 0 Å². The Hall–Kier alpha value is -0.700. The largest absolute Gasteiger partial charge is 0.103 e. The summed E-state index contributed by atoms with van der Waals surface area (Å²) in [6.45, 7) is 6.18. The van der Waals surface area contributed by atoms with Crippen molar-refractivity contribution in [2.24, 2.45) is 5.92 Å². The fraction of sp³-hybridized carbons (Fsp3) is 0.556. The molecule has 0 N–H and O–H groups in total. The molecule has 1 atom stereocenters. The van der Waals surface area contributed by atoms with E-state index in [4.69, 9.17) is 0 Å². The molecule has 0 aromatic heterocycles. The molecule has 0 fully saturated rings. The zero-order valence-corrected chi connectivity index (χ0v) is 6.44. The highest BCUT2D eigenvalue weighted by Crippen LogP contribution is 1.93. The average molecular weight is 122 g/mol. The minimum atomic E-state index is 0.426. The Balaban J connectivity index is 3.61. The Kier molecular flexibility index (Phi) is 5.01. The van der Waals surface area contributed by atoms with Gasteiger partial charge in [0.05, 0.1) is 0 Å². The van der Waals surface area contributed by atoms with E-state index in [1.165, 1.54) is 0 Å². The predicted octanol–water partition coefficient (Wildman–Crippen LogP) is 2.61. The summed E-state index contributed by atoms with van der Waals surface area (Å²) in [5.74, 6) is 6.55. The second-order valence-electron chi connectivity index (χ2n) is 1.99. The molecule has 9 heavy (non-hydrogen) atoms. The number of hydrogen-bond donors (Lipinski definition) is 0. The van der Waals surface area contributed by atoms with Crippen LogP contribution >= 0.6 is 0 Å². The molecule has 0 radical (unpaired) electrons. The van der Waals surface area contributed by atoms with E-state index in [1.54, 1.807) is 0 Å². The van der Waals surface area contributed by atoms with Crippen LogP contribution in [-0.4, -0.2) is 0 Å². The van der Waals surface area contributed by atoms with Crippen LogP contribution < -0.4 is 0 Å². The van der Waals surface area contributed by atoms with Gasteiger partial charge in [-0.15, -0.1) is 5.92 Å². The fourth-order valence-electron chi connectivity index (χ4n) is 0.600. The van der Waals surface area contributed by atoms with Crippen LogP contribution in [0, 0.1) is 17.8 Å². The molecule has 1 unspecified atom stereocenters. The molecule has 0 aliphatic carbocycles. The lowest BCUT2D eigenvalue weighted by atomic mass is 10.2. The summed E-state index contributed by atoms with van der Waals surface area (Å²) in [4.78, 5) is 0. The predicted molar refractivity (Wildman–Crippen MR) is 42.0 cm³/mol. The molecule has 0 rings (SSSR count). The Labute approximate surface area is 58.0 Å². The third kappa shape index (κ3) is 5.17. The van der Waals surface area contributed by atoms with Crippen molar-refractivity contribution in [2.75, 3.05) is 0 Å². The summed E-state index contributed by atoms with van der Waals surface area (Å²) >= 11 is 0. The van der Waals surface area contributed by atoms with Gasteiger partial charge < -0.3 is 0 Å². The zero-order valence-electron chi connectivity index (χ0n) is 6.44. The second kappa shape index (κ2) is 5.44. The van der Waals surface area contributed by atoms with Crippen molar-refractivity contribution >= 4 is 0 Å². The van der Waals surface area contributed by atoms with Gasteiger partial charge in [-0.3, -0.25) is 0 Å². The van der Waals surface area contributed by atoms with Crippen LogP contribution in [0.25, 0.3) is 0 Å². The maximum atomic E-state index is 3.10. The first-order valence-electron chi connectivity index (χ1n) is 3.42. The molecule has 0 bridgehead atoms. The van der Waals surface area contributed by atoms with Crippen molar-refractivity contribution in [3.63, 3.8) is 0 Å². The van der Waals surface area contributed by atoms with Gasteiger partial charge in [0.25, 0.3) is 0 Å². The molecule has 0 amide bonds. The van der Waals surface area contributed by atoms with Gasteiger partial charge in [0.15, 0.2) is 0 Å². The van der Waals surface area contributed by atoms with Gasteiger partial charge in [-0.25, -0.2) is 0 Å². The van der Waals surface area contributed by atoms with Crippen LogP contribution in [0.5, 0.6) is 0 Å². The normalized spacial score (nSPS) is 12.8. The molecule has 0 aromatic carbocycles. The van der Waals surface area contributed by atoms with Crippen molar-refractivity contribution in [1.29, 1.82) is 0 Å². The highest BCUT2D eigenvalue weighted by Gasteiger charge is 1.83. The van der Waals surface area contributed by atoms with E-state index in [9.17, 15) is 0 Å². The molecule has 0 spiro atoms. The molecular formula is C9H14. The van der Waals surface area contributed by atoms with Gasteiger partial charge in [-0.2, -0.15) is 0 Å². The Bertz CT molecular complexity index is 132. The van der Waals surface area contributed by atoms with E-state index >= 15 is 0 Å². The molecule has 0 saturated carbocycles. The standard InChI is InChI=1S/C9H14/c1-4-6-8-9(3)7-5-2/h5,7,9H,4H2,1-3H3. The minimum absolute atomic E-state index is 0.426. The first-order chi connectivity index (χ1) is 4.31. The quantitative estimate of drug-likeness (QED) is 0.370. The van der Waals surface area contributed by atoms with Crippen LogP contribution in [0.2, 0.25) is 0 Å². The SMILES string of the molecule is CC=CC(C)C#CCC. The summed E-state index contributed by atoms with van der Waals surface area (Å²) in [5.41, 5.74) is 0. The summed E-state index contributed by atoms with van der Waals surface area (Å²) in [5, 5.41) is 0. The van der Waals surface area contributed by atoms with E-state index in [-0.39, 0.29) is 0 Å². The Morgan fingerprint density at radius 2 is 2.22 bits per heavy atom. The van der Waals surface area contributed by atoms with Gasteiger partial charge >= 0.3 is 0 Å². The molecule has 0 saturated heterocycles. The smallest absolute Gasteiger partial charge is 0.0354 e. The highest BCUT2D eigenvalue weighted by molar-refractivity contribution is 5.08. The number of hydrogen-bond acceptors (Lipinski definition) is 0. The lowest BCUT2D eigenvalue weighted by Gasteiger charge is -1.89. The fourth-order valence-corrected chi connectivity index (χ4v) is 0.600. The molecule has 0 aliphatic rings. The van der Waals surface area contributed by atoms with Crippen molar-refractivity contribution < 1.29 is 0 Å². The van der Waals surface area contributed by atoms with Crippen LogP contribution in [0.1, 0.15) is 27.2 Å². The number of allylic oxidation sites excluding steroid dienone is 2. The molecular weight excluding hydrogens is 108 g/mol. The summed E-state index contributed by atoms with van der Waals surface area (Å²) in [6.07, 6.45) is 5.10.